The van der Waals surface area contributed by atoms with Gasteiger partial charge in [0.25, 0.3) is 0 Å². The zero-order valence-corrected chi connectivity index (χ0v) is 9.29. The molecule has 15 heavy (non-hydrogen) atoms. The number of aliphatic carboxylic acids is 1. The van der Waals surface area contributed by atoms with E-state index in [0.29, 0.717) is 11.5 Å². The average Bonchev–Trinajstić information content (AvgIpc) is 2.70. The van der Waals surface area contributed by atoms with Crippen molar-refractivity contribution in [2.45, 2.75) is 19.8 Å². The number of oxime groups is 1. The molecule has 82 valence electrons. The van der Waals surface area contributed by atoms with Crippen molar-refractivity contribution in [3.63, 3.8) is 0 Å². The van der Waals surface area contributed by atoms with E-state index in [1.54, 1.807) is 17.5 Å². The van der Waals surface area contributed by atoms with Gasteiger partial charge in [-0.3, -0.25) is 0 Å². The second-order valence-electron chi connectivity index (χ2n) is 2.91. The first-order chi connectivity index (χ1) is 7.25. The Hall–Kier alpha value is -1.36. The van der Waals surface area contributed by atoms with E-state index in [1.807, 2.05) is 6.92 Å². The van der Waals surface area contributed by atoms with Crippen molar-refractivity contribution in [2.24, 2.45) is 5.16 Å². The lowest BCUT2D eigenvalue weighted by Crippen LogP contribution is -2.13. The second kappa shape index (κ2) is 6.19. The first kappa shape index (κ1) is 11.7. The van der Waals surface area contributed by atoms with Crippen LogP contribution in [0.3, 0.4) is 0 Å². The fourth-order valence-electron chi connectivity index (χ4n) is 0.922. The van der Waals surface area contributed by atoms with Crippen molar-refractivity contribution in [3.05, 3.63) is 22.4 Å². The van der Waals surface area contributed by atoms with E-state index in [-0.39, 0.29) is 5.71 Å². The van der Waals surface area contributed by atoms with E-state index >= 15 is 0 Å². The van der Waals surface area contributed by atoms with E-state index in [0.717, 1.165) is 12.8 Å². The highest BCUT2D eigenvalue weighted by Crippen LogP contribution is 2.10. The van der Waals surface area contributed by atoms with Crippen molar-refractivity contribution in [1.82, 2.24) is 0 Å². The summed E-state index contributed by atoms with van der Waals surface area (Å²) in [6.45, 7) is 2.49. The maximum atomic E-state index is 10.9. The van der Waals surface area contributed by atoms with Crippen LogP contribution in [0.2, 0.25) is 0 Å². The molecule has 0 aliphatic rings. The van der Waals surface area contributed by atoms with Gasteiger partial charge >= 0.3 is 5.97 Å². The number of carboxylic acid groups (broad SMARTS) is 1. The number of carboxylic acids is 1. The topological polar surface area (TPSA) is 58.9 Å². The summed E-state index contributed by atoms with van der Waals surface area (Å²) in [6, 6.07) is 3.49. The third kappa shape index (κ3) is 3.71. The summed E-state index contributed by atoms with van der Waals surface area (Å²) in [5.74, 6) is -1.06. The monoisotopic (exact) mass is 227 g/mol. The van der Waals surface area contributed by atoms with E-state index in [2.05, 4.69) is 5.16 Å². The highest BCUT2D eigenvalue weighted by Gasteiger charge is 2.14. The van der Waals surface area contributed by atoms with Gasteiger partial charge in [0.15, 0.2) is 0 Å². The maximum Gasteiger partial charge on any atom is 0.359 e. The Balaban J connectivity index is 2.63. The normalized spacial score (nSPS) is 11.4. The number of carbonyl (C=O) groups is 1. The molecular weight excluding hydrogens is 214 g/mol. The van der Waals surface area contributed by atoms with Gasteiger partial charge < -0.3 is 9.94 Å². The lowest BCUT2D eigenvalue weighted by molar-refractivity contribution is -0.129. The van der Waals surface area contributed by atoms with Gasteiger partial charge in [-0.2, -0.15) is 0 Å². The SMILES string of the molecule is CCCCON=C(C(=O)O)c1cccs1. The van der Waals surface area contributed by atoms with Gasteiger partial charge in [-0.1, -0.05) is 24.6 Å². The third-order valence-corrected chi connectivity index (χ3v) is 2.58. The minimum atomic E-state index is -1.06. The molecule has 0 aliphatic carbocycles. The van der Waals surface area contributed by atoms with Crippen LogP contribution < -0.4 is 0 Å². The standard InChI is InChI=1S/C10H13NO3S/c1-2-3-6-14-11-9(10(12)13)8-5-4-7-15-8/h4-5,7H,2-3,6H2,1H3,(H,12,13). The van der Waals surface area contributed by atoms with Crippen molar-refractivity contribution < 1.29 is 14.7 Å². The number of unbranched alkanes of at least 4 members (excludes halogenated alkanes) is 1. The Bertz CT molecular complexity index is 332. The first-order valence-electron chi connectivity index (χ1n) is 4.72. The number of thiophene rings is 1. The zero-order chi connectivity index (χ0) is 11.1. The van der Waals surface area contributed by atoms with Crippen LogP contribution in [-0.4, -0.2) is 23.4 Å². The molecule has 0 unspecified atom stereocenters. The largest absolute Gasteiger partial charge is 0.476 e. The van der Waals surface area contributed by atoms with E-state index in [9.17, 15) is 4.79 Å². The lowest BCUT2D eigenvalue weighted by Gasteiger charge is -1.99. The number of nitrogens with zero attached hydrogens (tertiary/aromatic N) is 1. The summed E-state index contributed by atoms with van der Waals surface area (Å²) >= 11 is 1.33. The predicted octanol–water partition coefficient (Wildman–Crippen LogP) is 2.35. The van der Waals surface area contributed by atoms with Gasteiger partial charge in [0, 0.05) is 0 Å². The third-order valence-electron chi connectivity index (χ3n) is 1.70. The minimum absolute atomic E-state index is 0.0268. The highest BCUT2D eigenvalue weighted by molar-refractivity contribution is 7.13. The van der Waals surface area contributed by atoms with Gasteiger partial charge in [0.05, 0.1) is 4.88 Å². The molecule has 4 nitrogen and oxygen atoms in total. The maximum absolute atomic E-state index is 10.9. The number of hydrogen-bond acceptors (Lipinski definition) is 4. The van der Waals surface area contributed by atoms with Crippen molar-refractivity contribution in [2.75, 3.05) is 6.61 Å². The van der Waals surface area contributed by atoms with Crippen LogP contribution in [0.4, 0.5) is 0 Å². The number of rotatable bonds is 6. The van der Waals surface area contributed by atoms with E-state index < -0.39 is 5.97 Å². The van der Waals surface area contributed by atoms with Crippen molar-refractivity contribution in [3.8, 4) is 0 Å². The van der Waals surface area contributed by atoms with Gasteiger partial charge in [0.2, 0.25) is 5.71 Å². The Morgan fingerprint density at radius 2 is 2.47 bits per heavy atom. The van der Waals surface area contributed by atoms with Crippen LogP contribution in [0.5, 0.6) is 0 Å². The smallest absolute Gasteiger partial charge is 0.359 e. The molecular formula is C10H13NO3S. The van der Waals surface area contributed by atoms with Gasteiger partial charge in [-0.15, -0.1) is 11.3 Å². The fourth-order valence-corrected chi connectivity index (χ4v) is 1.62. The second-order valence-corrected chi connectivity index (χ2v) is 3.86. The van der Waals surface area contributed by atoms with Crippen LogP contribution in [0.1, 0.15) is 24.6 Å². The van der Waals surface area contributed by atoms with Crippen LogP contribution in [-0.2, 0) is 9.63 Å². The van der Waals surface area contributed by atoms with Crippen LogP contribution in [0, 0.1) is 0 Å². The first-order valence-corrected chi connectivity index (χ1v) is 5.60. The Kier molecular flexibility index (Phi) is 4.83. The predicted molar refractivity (Wildman–Crippen MR) is 59.4 cm³/mol. The molecule has 1 rings (SSSR count). The Morgan fingerprint density at radius 1 is 1.67 bits per heavy atom. The molecule has 0 saturated heterocycles. The molecule has 0 aromatic carbocycles. The molecule has 1 N–H and O–H groups in total. The van der Waals surface area contributed by atoms with Crippen LogP contribution in [0.25, 0.3) is 0 Å². The zero-order valence-electron chi connectivity index (χ0n) is 8.47. The van der Waals surface area contributed by atoms with Crippen LogP contribution in [0.15, 0.2) is 22.7 Å². The average molecular weight is 227 g/mol. The summed E-state index contributed by atoms with van der Waals surface area (Å²) in [5, 5.41) is 14.3. The van der Waals surface area contributed by atoms with Crippen molar-refractivity contribution in [1.29, 1.82) is 0 Å². The summed E-state index contributed by atoms with van der Waals surface area (Å²) in [5.41, 5.74) is -0.0268. The summed E-state index contributed by atoms with van der Waals surface area (Å²) in [7, 11) is 0. The Labute approximate surface area is 92.2 Å². The lowest BCUT2D eigenvalue weighted by atomic mass is 10.3. The molecule has 0 aliphatic heterocycles. The molecule has 0 atom stereocenters. The molecule has 0 bridgehead atoms. The highest BCUT2D eigenvalue weighted by atomic mass is 32.1. The Morgan fingerprint density at radius 3 is 3.00 bits per heavy atom. The van der Waals surface area contributed by atoms with E-state index in [4.69, 9.17) is 9.94 Å². The van der Waals surface area contributed by atoms with E-state index in [1.165, 1.54) is 11.3 Å². The molecule has 0 spiro atoms. The van der Waals surface area contributed by atoms with Gasteiger partial charge in [0.1, 0.15) is 6.61 Å². The molecule has 1 aromatic rings. The van der Waals surface area contributed by atoms with Gasteiger partial charge in [-0.05, 0) is 17.9 Å². The summed E-state index contributed by atoms with van der Waals surface area (Å²) in [6.07, 6.45) is 1.87. The molecule has 0 radical (unpaired) electrons. The molecule has 0 saturated carbocycles. The summed E-state index contributed by atoms with van der Waals surface area (Å²) < 4.78 is 0. The fraction of sp³-hybridized carbons (Fsp3) is 0.400. The minimum Gasteiger partial charge on any atom is -0.476 e. The molecule has 1 aromatic heterocycles. The van der Waals surface area contributed by atoms with Gasteiger partial charge in [-0.25, -0.2) is 4.79 Å². The quantitative estimate of drug-likeness (QED) is 0.461. The molecule has 1 heterocycles. The van der Waals surface area contributed by atoms with Crippen molar-refractivity contribution >= 4 is 23.0 Å². The number of hydrogen-bond donors (Lipinski definition) is 1. The van der Waals surface area contributed by atoms with Crippen LogP contribution >= 0.6 is 11.3 Å². The molecule has 5 heteroatoms. The summed E-state index contributed by atoms with van der Waals surface area (Å²) in [4.78, 5) is 16.4. The molecule has 0 amide bonds. The molecule has 0 fully saturated rings.